The lowest BCUT2D eigenvalue weighted by atomic mass is 10.0. The van der Waals surface area contributed by atoms with Crippen LogP contribution in [-0.2, 0) is 0 Å². The van der Waals surface area contributed by atoms with Crippen LogP contribution in [0.4, 0.5) is 5.69 Å². The Morgan fingerprint density at radius 3 is 2.67 bits per heavy atom. The number of amides is 1. The molecule has 1 amide bonds. The number of anilines is 1. The molecule has 0 saturated heterocycles. The van der Waals surface area contributed by atoms with E-state index in [1.54, 1.807) is 6.07 Å². The summed E-state index contributed by atoms with van der Waals surface area (Å²) in [6.07, 6.45) is 0.499. The van der Waals surface area contributed by atoms with Crippen LogP contribution >= 0.6 is 0 Å². The summed E-state index contributed by atoms with van der Waals surface area (Å²) in [5.41, 5.74) is 4.69. The zero-order chi connectivity index (χ0) is 18.8. The van der Waals surface area contributed by atoms with Gasteiger partial charge in [0.1, 0.15) is 23.3 Å². The van der Waals surface area contributed by atoms with E-state index in [9.17, 15) is 4.79 Å². The van der Waals surface area contributed by atoms with Crippen molar-refractivity contribution >= 4 is 11.6 Å². The van der Waals surface area contributed by atoms with Crippen molar-refractivity contribution in [2.75, 3.05) is 11.9 Å². The van der Waals surface area contributed by atoms with Crippen LogP contribution in [0.1, 0.15) is 41.1 Å². The van der Waals surface area contributed by atoms with Crippen molar-refractivity contribution in [3.05, 3.63) is 59.3 Å². The van der Waals surface area contributed by atoms with Gasteiger partial charge in [-0.25, -0.2) is 0 Å². The summed E-state index contributed by atoms with van der Waals surface area (Å²) in [6.45, 7) is 4.73. The Morgan fingerprint density at radius 2 is 1.89 bits per heavy atom. The molecule has 0 aliphatic carbocycles. The molecule has 27 heavy (non-hydrogen) atoms. The Labute approximate surface area is 157 Å². The highest BCUT2D eigenvalue weighted by Crippen LogP contribution is 2.32. The Hall–Kier alpha value is -3.35. The standard InChI is InChI=1S/C20H21N5O2/c1-3-11-27-14-9-7-13(8-10-14)17-18(24-25-23-17)19-21-16-12(2)5-4-6-15(16)20(26)22-19/h4-10,19,21H,3,11H2,1-2H3,(H,22,26)(H,23,24,25). The molecule has 0 saturated carbocycles. The molecular formula is C20H21N5O2. The zero-order valence-electron chi connectivity index (χ0n) is 15.2. The molecule has 3 N–H and O–H groups in total. The Kier molecular flexibility index (Phi) is 4.50. The summed E-state index contributed by atoms with van der Waals surface area (Å²) in [5, 5.41) is 17.6. The van der Waals surface area contributed by atoms with E-state index in [4.69, 9.17) is 4.74 Å². The van der Waals surface area contributed by atoms with Gasteiger partial charge in [-0.3, -0.25) is 4.79 Å². The summed E-state index contributed by atoms with van der Waals surface area (Å²) >= 11 is 0. The number of nitrogens with zero attached hydrogens (tertiary/aromatic N) is 2. The minimum absolute atomic E-state index is 0.130. The van der Waals surface area contributed by atoms with Crippen LogP contribution in [0.5, 0.6) is 5.75 Å². The van der Waals surface area contributed by atoms with Crippen LogP contribution in [0.25, 0.3) is 11.3 Å². The van der Waals surface area contributed by atoms with Crippen LogP contribution in [0.15, 0.2) is 42.5 Å². The second kappa shape index (κ2) is 7.11. The molecule has 1 aromatic heterocycles. The van der Waals surface area contributed by atoms with E-state index < -0.39 is 6.17 Å². The number of benzene rings is 2. The van der Waals surface area contributed by atoms with Crippen LogP contribution in [0, 0.1) is 6.92 Å². The van der Waals surface area contributed by atoms with Gasteiger partial charge in [0.2, 0.25) is 0 Å². The summed E-state index contributed by atoms with van der Waals surface area (Å²) in [4.78, 5) is 12.5. The Bertz CT molecular complexity index is 965. The molecule has 4 rings (SSSR count). The fourth-order valence-electron chi connectivity index (χ4n) is 3.16. The number of hydrogen-bond donors (Lipinski definition) is 3. The Balaban J connectivity index is 1.63. The largest absolute Gasteiger partial charge is 0.494 e. The minimum atomic E-state index is -0.462. The van der Waals surface area contributed by atoms with Gasteiger partial charge in [0.05, 0.1) is 17.9 Å². The van der Waals surface area contributed by atoms with Crippen molar-refractivity contribution in [3.8, 4) is 17.0 Å². The molecule has 3 aromatic rings. The number of aryl methyl sites for hydroxylation is 1. The summed E-state index contributed by atoms with van der Waals surface area (Å²) in [5.74, 6) is 0.689. The van der Waals surface area contributed by atoms with E-state index in [-0.39, 0.29) is 5.91 Å². The summed E-state index contributed by atoms with van der Waals surface area (Å²) in [6, 6.07) is 13.4. The number of carbonyl (C=O) groups excluding carboxylic acids is 1. The lowest BCUT2D eigenvalue weighted by Crippen LogP contribution is -2.39. The SMILES string of the molecule is CCCOc1ccc(-c2n[nH]nc2C2NC(=O)c3cccc(C)c3N2)cc1. The van der Waals surface area contributed by atoms with Crippen LogP contribution in [0.2, 0.25) is 0 Å². The predicted molar refractivity (Wildman–Crippen MR) is 103 cm³/mol. The molecule has 7 nitrogen and oxygen atoms in total. The van der Waals surface area contributed by atoms with Gasteiger partial charge in [-0.1, -0.05) is 19.1 Å². The molecule has 0 spiro atoms. The molecule has 0 bridgehead atoms. The van der Waals surface area contributed by atoms with Gasteiger partial charge in [-0.15, -0.1) is 0 Å². The lowest BCUT2D eigenvalue weighted by Gasteiger charge is -2.28. The average Bonchev–Trinajstić information content (AvgIpc) is 3.17. The number of para-hydroxylation sites is 1. The number of H-pyrrole nitrogens is 1. The maximum atomic E-state index is 12.5. The number of aromatic nitrogens is 3. The predicted octanol–water partition coefficient (Wildman–Crippen LogP) is 3.42. The zero-order valence-corrected chi connectivity index (χ0v) is 15.2. The second-order valence-electron chi connectivity index (χ2n) is 6.48. The molecule has 1 unspecified atom stereocenters. The first kappa shape index (κ1) is 17.1. The number of nitrogens with one attached hydrogen (secondary N) is 3. The van der Waals surface area contributed by atoms with E-state index in [0.29, 0.717) is 23.6 Å². The van der Waals surface area contributed by atoms with Gasteiger partial charge >= 0.3 is 0 Å². The van der Waals surface area contributed by atoms with Crippen molar-refractivity contribution in [1.29, 1.82) is 0 Å². The molecule has 0 fully saturated rings. The van der Waals surface area contributed by atoms with E-state index in [2.05, 4.69) is 33.0 Å². The van der Waals surface area contributed by atoms with Gasteiger partial charge in [0, 0.05) is 5.56 Å². The van der Waals surface area contributed by atoms with E-state index in [1.165, 1.54) is 0 Å². The molecule has 1 aliphatic rings. The first-order valence-corrected chi connectivity index (χ1v) is 8.98. The van der Waals surface area contributed by atoms with Gasteiger partial charge in [0.25, 0.3) is 5.91 Å². The van der Waals surface area contributed by atoms with Gasteiger partial charge in [-0.05, 0) is 49.2 Å². The van der Waals surface area contributed by atoms with Gasteiger partial charge < -0.3 is 15.4 Å². The maximum Gasteiger partial charge on any atom is 0.255 e. The normalized spacial score (nSPS) is 15.6. The molecule has 1 aliphatic heterocycles. The molecule has 2 aromatic carbocycles. The first-order valence-electron chi connectivity index (χ1n) is 8.98. The number of rotatable bonds is 5. The number of carbonyl (C=O) groups is 1. The van der Waals surface area contributed by atoms with Crippen molar-refractivity contribution in [3.63, 3.8) is 0 Å². The maximum absolute atomic E-state index is 12.5. The third-order valence-corrected chi connectivity index (χ3v) is 4.53. The fourth-order valence-corrected chi connectivity index (χ4v) is 3.16. The number of ether oxygens (including phenoxy) is 1. The van der Waals surface area contributed by atoms with Crippen LogP contribution in [-0.4, -0.2) is 27.9 Å². The third-order valence-electron chi connectivity index (χ3n) is 4.53. The molecule has 7 heteroatoms. The van der Waals surface area contributed by atoms with Crippen molar-refractivity contribution < 1.29 is 9.53 Å². The number of aromatic amines is 1. The highest BCUT2D eigenvalue weighted by molar-refractivity contribution is 6.02. The van der Waals surface area contributed by atoms with Gasteiger partial charge in [0.15, 0.2) is 0 Å². The highest BCUT2D eigenvalue weighted by Gasteiger charge is 2.29. The average molecular weight is 363 g/mol. The van der Waals surface area contributed by atoms with Crippen LogP contribution < -0.4 is 15.4 Å². The van der Waals surface area contributed by atoms with Crippen molar-refractivity contribution in [2.24, 2.45) is 0 Å². The Morgan fingerprint density at radius 1 is 1.07 bits per heavy atom. The molecular weight excluding hydrogens is 342 g/mol. The summed E-state index contributed by atoms with van der Waals surface area (Å²) in [7, 11) is 0. The smallest absolute Gasteiger partial charge is 0.255 e. The third kappa shape index (κ3) is 3.23. The van der Waals surface area contributed by atoms with Crippen molar-refractivity contribution in [1.82, 2.24) is 20.7 Å². The molecule has 2 heterocycles. The van der Waals surface area contributed by atoms with E-state index >= 15 is 0 Å². The monoisotopic (exact) mass is 363 g/mol. The van der Waals surface area contributed by atoms with E-state index in [1.807, 2.05) is 43.3 Å². The van der Waals surface area contributed by atoms with Crippen molar-refractivity contribution in [2.45, 2.75) is 26.4 Å². The second-order valence-corrected chi connectivity index (χ2v) is 6.48. The van der Waals surface area contributed by atoms with Gasteiger partial charge in [-0.2, -0.15) is 15.4 Å². The van der Waals surface area contributed by atoms with E-state index in [0.717, 1.165) is 29.0 Å². The fraction of sp³-hybridized carbons (Fsp3) is 0.250. The molecule has 138 valence electrons. The number of hydrogen-bond acceptors (Lipinski definition) is 5. The summed E-state index contributed by atoms with van der Waals surface area (Å²) < 4.78 is 5.63. The minimum Gasteiger partial charge on any atom is -0.494 e. The molecule has 1 atom stereocenters. The topological polar surface area (TPSA) is 91.9 Å². The highest BCUT2D eigenvalue weighted by atomic mass is 16.5. The quantitative estimate of drug-likeness (QED) is 0.646. The lowest BCUT2D eigenvalue weighted by molar-refractivity contribution is 0.0935. The molecule has 0 radical (unpaired) electrons. The van der Waals surface area contributed by atoms with Crippen LogP contribution in [0.3, 0.4) is 0 Å². The number of fused-ring (bicyclic) bond motifs is 1. The first-order chi connectivity index (χ1) is 13.2.